The molecule has 7 heteroatoms. The van der Waals surface area contributed by atoms with Gasteiger partial charge in [0, 0.05) is 5.69 Å². The van der Waals surface area contributed by atoms with Gasteiger partial charge in [0.15, 0.2) is 6.61 Å². The third-order valence-electron chi connectivity index (χ3n) is 3.32. The molecular weight excluding hydrogens is 330 g/mol. The number of para-hydroxylation sites is 1. The molecule has 0 aliphatic rings. The first kappa shape index (κ1) is 17.8. The lowest BCUT2D eigenvalue weighted by atomic mass is 10.1. The van der Waals surface area contributed by atoms with Crippen molar-refractivity contribution in [3.63, 3.8) is 0 Å². The van der Waals surface area contributed by atoms with E-state index in [-0.39, 0.29) is 11.5 Å². The number of aryl methyl sites for hydroxylation is 1. The Morgan fingerprint density at radius 2 is 1.83 bits per heavy atom. The summed E-state index contributed by atoms with van der Waals surface area (Å²) in [7, 11) is -2.42. The van der Waals surface area contributed by atoms with Crippen LogP contribution < -0.4 is 9.46 Å². The Labute approximate surface area is 141 Å². The summed E-state index contributed by atoms with van der Waals surface area (Å²) in [6.07, 6.45) is 0.561. The number of hydrogen-bond acceptors (Lipinski definition) is 5. The van der Waals surface area contributed by atoms with E-state index in [2.05, 4.69) is 9.46 Å². The lowest BCUT2D eigenvalue weighted by Gasteiger charge is -2.13. The highest BCUT2D eigenvalue weighted by Crippen LogP contribution is 2.24. The Balaban J connectivity index is 2.23. The SMILES string of the molecule is CCc1cc(S(=O)(=O)Nc2ccccc2)ccc1OCC(=O)OC. The third kappa shape index (κ3) is 4.48. The van der Waals surface area contributed by atoms with E-state index >= 15 is 0 Å². The average molecular weight is 349 g/mol. The molecule has 24 heavy (non-hydrogen) atoms. The minimum Gasteiger partial charge on any atom is -0.482 e. The second-order valence-corrected chi connectivity index (χ2v) is 6.64. The Morgan fingerprint density at radius 1 is 1.12 bits per heavy atom. The summed E-state index contributed by atoms with van der Waals surface area (Å²) in [5.74, 6) is -0.0407. The van der Waals surface area contributed by atoms with E-state index < -0.39 is 16.0 Å². The van der Waals surface area contributed by atoms with Crippen molar-refractivity contribution in [2.75, 3.05) is 18.4 Å². The monoisotopic (exact) mass is 349 g/mol. The number of hydrogen-bond donors (Lipinski definition) is 1. The Morgan fingerprint density at radius 3 is 2.46 bits per heavy atom. The van der Waals surface area contributed by atoms with E-state index in [0.29, 0.717) is 23.4 Å². The smallest absolute Gasteiger partial charge is 0.343 e. The molecule has 2 aromatic carbocycles. The summed E-state index contributed by atoms with van der Waals surface area (Å²) in [5, 5.41) is 0. The molecular formula is C17H19NO5S. The molecule has 0 heterocycles. The van der Waals surface area contributed by atoms with Crippen molar-refractivity contribution < 1.29 is 22.7 Å². The lowest BCUT2D eigenvalue weighted by molar-refractivity contribution is -0.142. The predicted octanol–water partition coefficient (Wildman–Crippen LogP) is 2.60. The quantitative estimate of drug-likeness (QED) is 0.777. The van der Waals surface area contributed by atoms with Crippen LogP contribution in [-0.4, -0.2) is 28.1 Å². The summed E-state index contributed by atoms with van der Waals surface area (Å²) < 4.78 is 37.4. The number of carbonyl (C=O) groups is 1. The fourth-order valence-electron chi connectivity index (χ4n) is 2.06. The molecule has 6 nitrogen and oxygen atoms in total. The first-order valence-electron chi connectivity index (χ1n) is 7.36. The van der Waals surface area contributed by atoms with E-state index in [1.54, 1.807) is 36.4 Å². The second-order valence-electron chi connectivity index (χ2n) is 4.96. The normalized spacial score (nSPS) is 10.9. The highest BCUT2D eigenvalue weighted by atomic mass is 32.2. The minimum atomic E-state index is -3.70. The number of methoxy groups -OCH3 is 1. The molecule has 0 atom stereocenters. The van der Waals surface area contributed by atoms with Crippen LogP contribution in [0.15, 0.2) is 53.4 Å². The highest BCUT2D eigenvalue weighted by Gasteiger charge is 2.17. The number of esters is 1. The lowest BCUT2D eigenvalue weighted by Crippen LogP contribution is -2.15. The number of ether oxygens (including phenoxy) is 2. The Bertz CT molecular complexity index is 803. The number of carbonyl (C=O) groups excluding carboxylic acids is 1. The highest BCUT2D eigenvalue weighted by molar-refractivity contribution is 7.92. The van der Waals surface area contributed by atoms with E-state index in [1.807, 2.05) is 6.92 Å². The predicted molar refractivity (Wildman–Crippen MR) is 90.6 cm³/mol. The average Bonchev–Trinajstić information content (AvgIpc) is 2.59. The van der Waals surface area contributed by atoms with Crippen molar-refractivity contribution in [1.29, 1.82) is 0 Å². The number of nitrogens with one attached hydrogen (secondary N) is 1. The molecule has 0 saturated carbocycles. The van der Waals surface area contributed by atoms with Gasteiger partial charge in [-0.25, -0.2) is 13.2 Å². The van der Waals surface area contributed by atoms with Crippen molar-refractivity contribution >= 4 is 21.7 Å². The van der Waals surface area contributed by atoms with Gasteiger partial charge in [-0.1, -0.05) is 25.1 Å². The van der Waals surface area contributed by atoms with Gasteiger partial charge in [-0.15, -0.1) is 0 Å². The van der Waals surface area contributed by atoms with Crippen LogP contribution in [0.2, 0.25) is 0 Å². The van der Waals surface area contributed by atoms with Crippen LogP contribution in [0.1, 0.15) is 12.5 Å². The maximum Gasteiger partial charge on any atom is 0.343 e. The summed E-state index contributed by atoms with van der Waals surface area (Å²) >= 11 is 0. The van der Waals surface area contributed by atoms with Crippen molar-refractivity contribution in [3.05, 3.63) is 54.1 Å². The molecule has 0 fully saturated rings. The molecule has 0 spiro atoms. The van der Waals surface area contributed by atoms with Gasteiger partial charge in [0.05, 0.1) is 12.0 Å². The molecule has 128 valence electrons. The van der Waals surface area contributed by atoms with Gasteiger partial charge in [0.25, 0.3) is 10.0 Å². The van der Waals surface area contributed by atoms with Gasteiger partial charge >= 0.3 is 5.97 Å². The number of anilines is 1. The molecule has 0 aromatic heterocycles. The molecule has 0 saturated heterocycles. The van der Waals surface area contributed by atoms with Crippen LogP contribution >= 0.6 is 0 Å². The molecule has 0 aliphatic carbocycles. The third-order valence-corrected chi connectivity index (χ3v) is 4.70. The summed E-state index contributed by atoms with van der Waals surface area (Å²) in [4.78, 5) is 11.3. The zero-order valence-electron chi connectivity index (χ0n) is 13.5. The van der Waals surface area contributed by atoms with E-state index in [1.165, 1.54) is 19.2 Å². The minimum absolute atomic E-state index is 0.133. The second kappa shape index (κ2) is 7.83. The van der Waals surface area contributed by atoms with Crippen LogP contribution in [0.4, 0.5) is 5.69 Å². The maximum atomic E-state index is 12.5. The van der Waals surface area contributed by atoms with Crippen LogP contribution in [0.3, 0.4) is 0 Å². The zero-order chi connectivity index (χ0) is 17.6. The molecule has 0 unspecified atom stereocenters. The molecule has 0 aliphatic heterocycles. The molecule has 2 rings (SSSR count). The zero-order valence-corrected chi connectivity index (χ0v) is 14.3. The standard InChI is InChI=1S/C17H19NO5S/c1-3-13-11-15(9-10-16(13)23-12-17(19)22-2)24(20,21)18-14-7-5-4-6-8-14/h4-11,18H,3,12H2,1-2H3. The molecule has 1 N–H and O–H groups in total. The Kier molecular flexibility index (Phi) is 5.81. The van der Waals surface area contributed by atoms with Crippen molar-refractivity contribution in [2.24, 2.45) is 0 Å². The number of benzene rings is 2. The fourth-order valence-corrected chi connectivity index (χ4v) is 3.16. The van der Waals surface area contributed by atoms with E-state index in [9.17, 15) is 13.2 Å². The van der Waals surface area contributed by atoms with Gasteiger partial charge in [0.2, 0.25) is 0 Å². The summed E-state index contributed by atoms with van der Waals surface area (Å²) in [6, 6.07) is 13.2. The molecule has 0 bridgehead atoms. The van der Waals surface area contributed by atoms with Crippen molar-refractivity contribution in [3.8, 4) is 5.75 Å². The van der Waals surface area contributed by atoms with E-state index in [0.717, 1.165) is 0 Å². The molecule has 0 amide bonds. The van der Waals surface area contributed by atoms with Crippen LogP contribution in [0.25, 0.3) is 0 Å². The van der Waals surface area contributed by atoms with E-state index in [4.69, 9.17) is 4.74 Å². The van der Waals surface area contributed by atoms with Crippen molar-refractivity contribution in [2.45, 2.75) is 18.2 Å². The maximum absolute atomic E-state index is 12.5. The van der Waals surface area contributed by atoms with Gasteiger partial charge in [0.1, 0.15) is 5.75 Å². The molecule has 2 aromatic rings. The van der Waals surface area contributed by atoms with Gasteiger partial charge in [-0.3, -0.25) is 4.72 Å². The van der Waals surface area contributed by atoms with Gasteiger partial charge in [-0.2, -0.15) is 0 Å². The topological polar surface area (TPSA) is 81.7 Å². The van der Waals surface area contributed by atoms with Crippen LogP contribution in [0, 0.1) is 0 Å². The fraction of sp³-hybridized carbons (Fsp3) is 0.235. The summed E-state index contributed by atoms with van der Waals surface area (Å²) in [5.41, 5.74) is 1.18. The molecule has 0 radical (unpaired) electrons. The van der Waals surface area contributed by atoms with Crippen molar-refractivity contribution in [1.82, 2.24) is 0 Å². The van der Waals surface area contributed by atoms with Gasteiger partial charge in [-0.05, 0) is 42.3 Å². The Hall–Kier alpha value is -2.54. The first-order chi connectivity index (χ1) is 11.5. The van der Waals surface area contributed by atoms with Gasteiger partial charge < -0.3 is 9.47 Å². The van der Waals surface area contributed by atoms with Crippen LogP contribution in [-0.2, 0) is 26.0 Å². The largest absolute Gasteiger partial charge is 0.482 e. The first-order valence-corrected chi connectivity index (χ1v) is 8.85. The number of rotatable bonds is 7. The number of sulfonamides is 1. The summed E-state index contributed by atoms with van der Waals surface area (Å²) in [6.45, 7) is 1.65. The van der Waals surface area contributed by atoms with Crippen LogP contribution in [0.5, 0.6) is 5.75 Å².